The van der Waals surface area contributed by atoms with E-state index in [1.807, 2.05) is 55.1 Å². The molecule has 1 aliphatic heterocycles. The highest BCUT2D eigenvalue weighted by molar-refractivity contribution is 5.85. The summed E-state index contributed by atoms with van der Waals surface area (Å²) in [5.74, 6) is 0.693. The lowest BCUT2D eigenvalue weighted by Gasteiger charge is -2.20. The third kappa shape index (κ3) is 6.45. The summed E-state index contributed by atoms with van der Waals surface area (Å²) in [6.07, 6.45) is -1.33. The van der Waals surface area contributed by atoms with Gasteiger partial charge in [-0.1, -0.05) is 42.5 Å². The lowest BCUT2D eigenvalue weighted by atomic mass is 9.91. The average Bonchev–Trinajstić information content (AvgIpc) is 3.69. The molecule has 0 amide bonds. The molecule has 0 radical (unpaired) electrons. The molecular formula is C38H34F3N3O4. The van der Waals surface area contributed by atoms with E-state index < -0.39 is 17.8 Å². The van der Waals surface area contributed by atoms with E-state index in [0.29, 0.717) is 53.4 Å². The molecule has 1 aliphatic rings. The molecule has 1 fully saturated rings. The molecule has 1 atom stereocenters. The summed E-state index contributed by atoms with van der Waals surface area (Å²) < 4.78 is 54.6. The Morgan fingerprint density at radius 1 is 1.02 bits per heavy atom. The molecule has 246 valence electrons. The number of ether oxygens (including phenoxy) is 1. The number of halogens is 3. The van der Waals surface area contributed by atoms with Crippen LogP contribution in [0.2, 0.25) is 0 Å². The van der Waals surface area contributed by atoms with Crippen LogP contribution >= 0.6 is 0 Å². The van der Waals surface area contributed by atoms with Gasteiger partial charge in [0.1, 0.15) is 17.3 Å². The van der Waals surface area contributed by atoms with Crippen LogP contribution in [0.15, 0.2) is 65.1 Å². The monoisotopic (exact) mass is 653 g/mol. The number of benzene rings is 4. The summed E-state index contributed by atoms with van der Waals surface area (Å²) in [6, 6.07) is 19.3. The van der Waals surface area contributed by atoms with Gasteiger partial charge in [-0.25, -0.2) is 4.98 Å². The van der Waals surface area contributed by atoms with E-state index in [1.165, 1.54) is 19.3 Å². The van der Waals surface area contributed by atoms with Crippen molar-refractivity contribution in [1.82, 2.24) is 9.88 Å². The maximum atomic E-state index is 14.3. The summed E-state index contributed by atoms with van der Waals surface area (Å²) in [4.78, 5) is 6.54. The topological polar surface area (TPSA) is 103 Å². The van der Waals surface area contributed by atoms with E-state index in [4.69, 9.17) is 9.15 Å². The van der Waals surface area contributed by atoms with Crippen molar-refractivity contribution in [2.75, 3.05) is 20.2 Å². The highest BCUT2D eigenvalue weighted by atomic mass is 19.4. The fourth-order valence-corrected chi connectivity index (χ4v) is 6.38. The van der Waals surface area contributed by atoms with Crippen LogP contribution < -0.4 is 4.74 Å². The Balaban J connectivity index is 1.36. The number of alkyl halides is 3. The number of nitrogens with zero attached hydrogens (tertiary/aromatic N) is 3. The van der Waals surface area contributed by atoms with Gasteiger partial charge in [0.25, 0.3) is 0 Å². The molecule has 0 spiro atoms. The third-order valence-electron chi connectivity index (χ3n) is 8.92. The second-order valence-electron chi connectivity index (χ2n) is 12.0. The van der Waals surface area contributed by atoms with E-state index in [-0.39, 0.29) is 24.3 Å². The number of methoxy groups -OCH3 is 1. The SMILES string of the molecule is COc1cc(/C=C/c2cccc(-c3cccc(-c4nc5cc(CO)cc(C#N)c5o4)c3C)c2C)c(C(F)(F)F)cc1CN1CC[C@@H](O)C1. The second kappa shape index (κ2) is 13.3. The summed E-state index contributed by atoms with van der Waals surface area (Å²) in [5.41, 5.74) is 6.32. The molecule has 0 bridgehead atoms. The molecule has 0 unspecified atom stereocenters. The van der Waals surface area contributed by atoms with Crippen LogP contribution in [0, 0.1) is 25.2 Å². The summed E-state index contributed by atoms with van der Waals surface area (Å²) in [5, 5.41) is 29.1. The van der Waals surface area contributed by atoms with Gasteiger partial charge in [-0.3, -0.25) is 4.90 Å². The van der Waals surface area contributed by atoms with Gasteiger partial charge in [-0.05, 0) is 89.5 Å². The molecule has 0 aliphatic carbocycles. The van der Waals surface area contributed by atoms with Gasteiger partial charge in [0, 0.05) is 30.8 Å². The zero-order chi connectivity index (χ0) is 34.2. The first-order valence-electron chi connectivity index (χ1n) is 15.5. The van der Waals surface area contributed by atoms with Crippen LogP contribution in [0.4, 0.5) is 13.2 Å². The van der Waals surface area contributed by atoms with Gasteiger partial charge in [0.2, 0.25) is 5.89 Å². The molecule has 1 aromatic heterocycles. The van der Waals surface area contributed by atoms with Crippen molar-refractivity contribution >= 4 is 23.3 Å². The Bertz CT molecular complexity index is 2080. The highest BCUT2D eigenvalue weighted by Gasteiger charge is 2.34. The minimum atomic E-state index is -4.59. The van der Waals surface area contributed by atoms with Crippen molar-refractivity contribution in [3.05, 3.63) is 105 Å². The number of likely N-dealkylation sites (tertiary alicyclic amines) is 1. The van der Waals surface area contributed by atoms with Crippen LogP contribution in [0.25, 0.3) is 45.8 Å². The van der Waals surface area contributed by atoms with Gasteiger partial charge >= 0.3 is 6.18 Å². The van der Waals surface area contributed by atoms with E-state index in [9.17, 15) is 28.6 Å². The normalized spacial score (nSPS) is 15.4. The van der Waals surface area contributed by atoms with Crippen molar-refractivity contribution in [2.45, 2.75) is 45.7 Å². The van der Waals surface area contributed by atoms with Crippen molar-refractivity contribution in [3.63, 3.8) is 0 Å². The number of nitriles is 1. The zero-order valence-electron chi connectivity index (χ0n) is 26.7. The Kier molecular flexibility index (Phi) is 9.12. The van der Waals surface area contributed by atoms with Gasteiger partial charge in [0.15, 0.2) is 5.58 Å². The summed E-state index contributed by atoms with van der Waals surface area (Å²) in [7, 11) is 1.44. The van der Waals surface area contributed by atoms with Crippen molar-refractivity contribution in [1.29, 1.82) is 5.26 Å². The number of oxazole rings is 1. The molecule has 48 heavy (non-hydrogen) atoms. The smallest absolute Gasteiger partial charge is 0.417 e. The Labute approximate surface area is 276 Å². The van der Waals surface area contributed by atoms with Gasteiger partial charge in [-0.2, -0.15) is 18.4 Å². The molecule has 2 N–H and O–H groups in total. The van der Waals surface area contributed by atoms with Crippen molar-refractivity contribution < 1.29 is 32.5 Å². The lowest BCUT2D eigenvalue weighted by Crippen LogP contribution is -2.22. The second-order valence-corrected chi connectivity index (χ2v) is 12.0. The highest BCUT2D eigenvalue weighted by Crippen LogP contribution is 2.39. The lowest BCUT2D eigenvalue weighted by molar-refractivity contribution is -0.137. The quantitative estimate of drug-likeness (QED) is 0.164. The van der Waals surface area contributed by atoms with E-state index >= 15 is 0 Å². The molecule has 4 aromatic carbocycles. The maximum Gasteiger partial charge on any atom is 0.417 e. The zero-order valence-corrected chi connectivity index (χ0v) is 26.7. The first-order valence-corrected chi connectivity index (χ1v) is 15.5. The Morgan fingerprint density at radius 2 is 1.73 bits per heavy atom. The number of aliphatic hydroxyl groups is 2. The molecular weight excluding hydrogens is 619 g/mol. The predicted molar refractivity (Wildman–Crippen MR) is 178 cm³/mol. The van der Waals surface area contributed by atoms with Crippen LogP contribution in [0.1, 0.15) is 50.9 Å². The van der Waals surface area contributed by atoms with Crippen molar-refractivity contribution in [3.8, 4) is 34.4 Å². The largest absolute Gasteiger partial charge is 0.496 e. The molecule has 1 saturated heterocycles. The third-order valence-corrected chi connectivity index (χ3v) is 8.92. The van der Waals surface area contributed by atoms with Crippen molar-refractivity contribution in [2.24, 2.45) is 0 Å². The molecule has 6 rings (SSSR count). The van der Waals surface area contributed by atoms with Crippen LogP contribution in [0.3, 0.4) is 0 Å². The minimum absolute atomic E-state index is 0.00964. The van der Waals surface area contributed by atoms with Gasteiger partial charge in [-0.15, -0.1) is 0 Å². The van der Waals surface area contributed by atoms with Gasteiger partial charge < -0.3 is 19.4 Å². The number of hydrogen-bond acceptors (Lipinski definition) is 7. The molecule has 5 aromatic rings. The maximum absolute atomic E-state index is 14.3. The van der Waals surface area contributed by atoms with E-state index in [0.717, 1.165) is 39.4 Å². The van der Waals surface area contributed by atoms with Crippen LogP contribution in [-0.2, 0) is 19.3 Å². The number of β-amino-alcohol motifs (C(OH)–C–C–N with tert-alkyl or cyclic N) is 1. The number of aromatic nitrogens is 1. The molecule has 7 nitrogen and oxygen atoms in total. The molecule has 10 heteroatoms. The summed E-state index contributed by atoms with van der Waals surface area (Å²) in [6.45, 7) is 4.90. The number of aliphatic hydroxyl groups excluding tert-OH is 2. The molecule has 2 heterocycles. The average molecular weight is 654 g/mol. The predicted octanol–water partition coefficient (Wildman–Crippen LogP) is 7.91. The Hall–Kier alpha value is -4.95. The number of fused-ring (bicyclic) bond motifs is 1. The Morgan fingerprint density at radius 3 is 2.40 bits per heavy atom. The number of hydrogen-bond donors (Lipinski definition) is 2. The molecule has 0 saturated carbocycles. The van der Waals surface area contributed by atoms with E-state index in [1.54, 1.807) is 18.2 Å². The fourth-order valence-electron chi connectivity index (χ4n) is 6.38. The van der Waals surface area contributed by atoms with Crippen LogP contribution in [0.5, 0.6) is 5.75 Å². The van der Waals surface area contributed by atoms with Crippen LogP contribution in [-0.4, -0.2) is 46.4 Å². The first-order chi connectivity index (χ1) is 23.0. The standard InChI is InChI=1S/C38H34F3N3O4/c1-22-25(10-11-26-17-35(47-3)28(16-33(26)38(39,40)41)19-44-13-12-29(46)20-44)6-4-7-30(22)31-8-5-9-32(23(31)2)37-43-34-15-24(21-45)14-27(18-42)36(34)48-37/h4-11,14-17,29,45-46H,12-13,19-21H2,1-3H3/b11-10+/t29-/m1/s1. The van der Waals surface area contributed by atoms with Gasteiger partial charge in [0.05, 0.1) is 30.9 Å². The van der Waals surface area contributed by atoms with E-state index in [2.05, 4.69) is 11.1 Å². The minimum Gasteiger partial charge on any atom is -0.496 e. The fraction of sp³-hybridized carbons (Fsp3) is 0.263. The number of rotatable bonds is 8. The first kappa shape index (κ1) is 33.0. The summed E-state index contributed by atoms with van der Waals surface area (Å²) >= 11 is 0.